The normalized spacial score (nSPS) is 13.4. The third-order valence-corrected chi connectivity index (χ3v) is 7.62. The molecule has 3 heterocycles. The van der Waals surface area contributed by atoms with Crippen molar-refractivity contribution in [2.45, 2.75) is 5.54 Å². The van der Waals surface area contributed by atoms with Crippen molar-refractivity contribution in [3.05, 3.63) is 109 Å². The van der Waals surface area contributed by atoms with E-state index in [0.29, 0.717) is 9.36 Å². The summed E-state index contributed by atoms with van der Waals surface area (Å²) in [5.41, 5.74) is 10.3. The second kappa shape index (κ2) is 8.15. The lowest BCUT2D eigenvalue weighted by atomic mass is 9.84. The molecule has 0 bridgehead atoms. The minimum absolute atomic E-state index is 0.0964. The third kappa shape index (κ3) is 3.60. The summed E-state index contributed by atoms with van der Waals surface area (Å²) in [5.74, 6) is 0. The van der Waals surface area contributed by atoms with Gasteiger partial charge in [-0.15, -0.1) is 11.3 Å². The number of thiophene rings is 1. The Morgan fingerprint density at radius 3 is 2.52 bits per heavy atom. The van der Waals surface area contributed by atoms with Crippen LogP contribution in [0.4, 0.5) is 0 Å². The van der Waals surface area contributed by atoms with Crippen LogP contribution >= 0.6 is 34.5 Å². The predicted octanol–water partition coefficient (Wildman–Crippen LogP) is 5.56. The summed E-state index contributed by atoms with van der Waals surface area (Å²) in [6, 6.07) is 18.9. The zero-order chi connectivity index (χ0) is 23.3. The second-order valence-electron chi connectivity index (χ2n) is 8.00. The number of fused-ring (bicyclic) bond motifs is 1. The van der Waals surface area contributed by atoms with Crippen LogP contribution in [0.2, 0.25) is 9.36 Å². The summed E-state index contributed by atoms with van der Waals surface area (Å²) in [5, 5.41) is 1.50. The van der Waals surface area contributed by atoms with Crippen molar-refractivity contribution in [2.75, 3.05) is 0 Å². The minimum Gasteiger partial charge on any atom is -0.335 e. The van der Waals surface area contributed by atoms with E-state index in [4.69, 9.17) is 28.9 Å². The van der Waals surface area contributed by atoms with Crippen LogP contribution in [0.15, 0.2) is 78.0 Å². The lowest BCUT2D eigenvalue weighted by Gasteiger charge is -2.30. The molecule has 1 atom stereocenters. The van der Waals surface area contributed by atoms with Crippen molar-refractivity contribution in [1.82, 2.24) is 14.1 Å². The van der Waals surface area contributed by atoms with E-state index in [1.54, 1.807) is 30.2 Å². The first-order valence-electron chi connectivity index (χ1n) is 10.2. The van der Waals surface area contributed by atoms with Crippen LogP contribution in [0.5, 0.6) is 0 Å². The molecule has 0 saturated heterocycles. The average Bonchev–Trinajstić information content (AvgIpc) is 3.44. The standard InChI is InChI=1S/C25H20Cl2N4OS/c1-30-14-29-13-21(30)25(28,22-8-9-23(27)33-22)16-6-7-20-19(11-16)18(12-24(32)31(20)2)15-4-3-5-17(26)10-15/h3-14H,28H2,1-2H3. The zero-order valence-electron chi connectivity index (χ0n) is 17.9. The fraction of sp³-hybridized carbons (Fsp3) is 0.120. The summed E-state index contributed by atoms with van der Waals surface area (Å²) in [6.07, 6.45) is 3.50. The van der Waals surface area contributed by atoms with Crippen LogP contribution in [0.1, 0.15) is 16.1 Å². The van der Waals surface area contributed by atoms with E-state index in [-0.39, 0.29) is 5.56 Å². The van der Waals surface area contributed by atoms with Crippen LogP contribution in [-0.4, -0.2) is 14.1 Å². The Hall–Kier alpha value is -2.90. The van der Waals surface area contributed by atoms with E-state index in [1.165, 1.54) is 11.3 Å². The van der Waals surface area contributed by atoms with Crippen LogP contribution < -0.4 is 11.3 Å². The largest absolute Gasteiger partial charge is 0.335 e. The highest BCUT2D eigenvalue weighted by atomic mass is 35.5. The van der Waals surface area contributed by atoms with Gasteiger partial charge in [-0.1, -0.05) is 41.4 Å². The molecule has 8 heteroatoms. The molecule has 3 aromatic heterocycles. The number of imidazole rings is 1. The Morgan fingerprint density at radius 2 is 1.85 bits per heavy atom. The molecule has 0 aliphatic heterocycles. The first-order valence-corrected chi connectivity index (χ1v) is 11.8. The van der Waals surface area contributed by atoms with Gasteiger partial charge in [-0.2, -0.15) is 0 Å². The van der Waals surface area contributed by atoms with Crippen LogP contribution in [0.3, 0.4) is 0 Å². The Labute approximate surface area is 204 Å². The fourth-order valence-electron chi connectivity index (χ4n) is 4.28. The Bertz CT molecular complexity index is 1570. The molecule has 166 valence electrons. The van der Waals surface area contributed by atoms with Crippen LogP contribution in [0, 0.1) is 0 Å². The number of rotatable bonds is 4. The van der Waals surface area contributed by atoms with Crippen molar-refractivity contribution in [3.63, 3.8) is 0 Å². The first kappa shape index (κ1) is 21.9. The molecular formula is C25H20Cl2N4OS. The van der Waals surface area contributed by atoms with Gasteiger partial charge in [0.15, 0.2) is 0 Å². The molecule has 2 N–H and O–H groups in total. The number of hydrogen-bond donors (Lipinski definition) is 1. The summed E-state index contributed by atoms with van der Waals surface area (Å²) in [7, 11) is 3.68. The smallest absolute Gasteiger partial charge is 0.251 e. The zero-order valence-corrected chi connectivity index (χ0v) is 20.2. The summed E-state index contributed by atoms with van der Waals surface area (Å²) >= 11 is 14.0. The monoisotopic (exact) mass is 494 g/mol. The number of pyridine rings is 1. The molecule has 0 saturated carbocycles. The van der Waals surface area contributed by atoms with E-state index < -0.39 is 5.54 Å². The molecule has 0 fully saturated rings. The van der Waals surface area contributed by atoms with Gasteiger partial charge < -0.3 is 14.9 Å². The molecule has 0 amide bonds. The average molecular weight is 495 g/mol. The van der Waals surface area contributed by atoms with Gasteiger partial charge in [-0.25, -0.2) is 4.98 Å². The Morgan fingerprint density at radius 1 is 1.03 bits per heavy atom. The number of nitrogens with two attached hydrogens (primary N) is 1. The number of benzene rings is 2. The van der Waals surface area contributed by atoms with Crippen molar-refractivity contribution in [2.24, 2.45) is 19.8 Å². The van der Waals surface area contributed by atoms with Gasteiger partial charge in [0.2, 0.25) is 0 Å². The van der Waals surface area contributed by atoms with E-state index in [1.807, 2.05) is 66.2 Å². The van der Waals surface area contributed by atoms with Gasteiger partial charge in [-0.05, 0) is 53.1 Å². The second-order valence-corrected chi connectivity index (χ2v) is 10.2. The first-order chi connectivity index (χ1) is 15.8. The number of nitrogens with zero attached hydrogens (tertiary/aromatic N) is 3. The maximum Gasteiger partial charge on any atom is 0.251 e. The molecule has 0 radical (unpaired) electrons. The molecule has 1 unspecified atom stereocenters. The van der Waals surface area contributed by atoms with Crippen molar-refractivity contribution >= 4 is 45.4 Å². The molecule has 33 heavy (non-hydrogen) atoms. The van der Waals surface area contributed by atoms with E-state index in [2.05, 4.69) is 4.98 Å². The third-order valence-electron chi connectivity index (χ3n) is 6.02. The van der Waals surface area contributed by atoms with Crippen molar-refractivity contribution < 1.29 is 0 Å². The van der Waals surface area contributed by atoms with Gasteiger partial charge in [-0.3, -0.25) is 4.79 Å². The summed E-state index contributed by atoms with van der Waals surface area (Å²) < 4.78 is 4.21. The van der Waals surface area contributed by atoms with E-state index in [0.717, 1.165) is 38.2 Å². The SMILES string of the molecule is Cn1cncc1C(N)(c1ccc2c(c1)c(-c1cccc(Cl)c1)cc(=O)n2C)c1ccc(Cl)s1. The Kier molecular flexibility index (Phi) is 5.41. The Balaban J connectivity index is 1.84. The van der Waals surface area contributed by atoms with Gasteiger partial charge >= 0.3 is 0 Å². The highest BCUT2D eigenvalue weighted by Gasteiger charge is 2.36. The molecule has 5 rings (SSSR count). The topological polar surface area (TPSA) is 65.8 Å². The predicted molar refractivity (Wildman–Crippen MR) is 136 cm³/mol. The molecule has 5 aromatic rings. The summed E-state index contributed by atoms with van der Waals surface area (Å²) in [6.45, 7) is 0. The fourth-order valence-corrected chi connectivity index (χ4v) is 5.65. The van der Waals surface area contributed by atoms with E-state index >= 15 is 0 Å². The number of aromatic nitrogens is 3. The summed E-state index contributed by atoms with van der Waals surface area (Å²) in [4.78, 5) is 17.9. The molecular weight excluding hydrogens is 475 g/mol. The lowest BCUT2D eigenvalue weighted by molar-refractivity contribution is 0.607. The highest BCUT2D eigenvalue weighted by Crippen LogP contribution is 2.41. The van der Waals surface area contributed by atoms with Crippen molar-refractivity contribution in [3.8, 4) is 11.1 Å². The van der Waals surface area contributed by atoms with Crippen LogP contribution in [0.25, 0.3) is 22.0 Å². The van der Waals surface area contributed by atoms with Gasteiger partial charge in [0, 0.05) is 35.4 Å². The minimum atomic E-state index is -0.989. The maximum absolute atomic E-state index is 12.7. The molecule has 2 aromatic carbocycles. The number of hydrogen-bond acceptors (Lipinski definition) is 4. The molecule has 0 aliphatic carbocycles. The van der Waals surface area contributed by atoms with Gasteiger partial charge in [0.05, 0.1) is 28.1 Å². The highest BCUT2D eigenvalue weighted by molar-refractivity contribution is 7.16. The van der Waals surface area contributed by atoms with Crippen molar-refractivity contribution in [1.29, 1.82) is 0 Å². The lowest BCUT2D eigenvalue weighted by Crippen LogP contribution is -2.40. The van der Waals surface area contributed by atoms with Gasteiger partial charge in [0.25, 0.3) is 5.56 Å². The number of aryl methyl sites for hydroxylation is 2. The quantitative estimate of drug-likeness (QED) is 0.355. The molecule has 0 aliphatic rings. The molecule has 5 nitrogen and oxygen atoms in total. The maximum atomic E-state index is 12.7. The van der Waals surface area contributed by atoms with Gasteiger partial charge in [0.1, 0.15) is 5.54 Å². The number of halogens is 2. The van der Waals surface area contributed by atoms with E-state index in [9.17, 15) is 4.79 Å². The molecule has 0 spiro atoms. The van der Waals surface area contributed by atoms with Crippen LogP contribution in [-0.2, 0) is 19.6 Å².